The predicted molar refractivity (Wildman–Crippen MR) is 26.6 cm³/mol. The van der Waals surface area contributed by atoms with Crippen LogP contribution in [-0.4, -0.2) is 0 Å². The van der Waals surface area contributed by atoms with E-state index in [-0.39, 0.29) is 4.70 Å². The highest BCUT2D eigenvalue weighted by molar-refractivity contribution is 4.89. The van der Waals surface area contributed by atoms with Crippen LogP contribution in [0.1, 0.15) is 0 Å². The second-order valence-corrected chi connectivity index (χ2v) is 1.01. The van der Waals surface area contributed by atoms with Crippen molar-refractivity contribution in [2.24, 2.45) is 0 Å². The quantitative estimate of drug-likeness (QED) is 0.458. The summed E-state index contributed by atoms with van der Waals surface area (Å²) in [5.41, 5.74) is 0. The molecular weight excluding hydrogens is 91.1 g/mol. The van der Waals surface area contributed by atoms with Gasteiger partial charge in [0.2, 0.25) is 0 Å². The molecule has 0 amide bonds. The summed E-state index contributed by atoms with van der Waals surface area (Å²) in [4.78, 5) is 0. The summed E-state index contributed by atoms with van der Waals surface area (Å²) in [5, 5.41) is 0. The summed E-state index contributed by atoms with van der Waals surface area (Å²) in [7, 11) is 0. The van der Waals surface area contributed by atoms with Gasteiger partial charge in [-0.25, -0.2) is 0 Å². The third-order valence-electron chi connectivity index (χ3n) is 0.554. The zero-order valence-corrected chi connectivity index (χ0v) is 3.72. The highest BCUT2D eigenvalue weighted by Gasteiger charge is 1.53. The molecule has 1 rings (SSSR count). The van der Waals surface area contributed by atoms with Gasteiger partial charge in [-0.3, -0.25) is 4.70 Å². The Balaban J connectivity index is 0.000000360. The predicted octanol–water partition coefficient (Wildman–Crippen LogP) is 1.44. The van der Waals surface area contributed by atoms with E-state index in [9.17, 15) is 0 Å². The van der Waals surface area contributed by atoms with Gasteiger partial charge in [0.1, 0.15) is 0 Å². The fraction of sp³-hybridized carbons (Fsp3) is 0. The summed E-state index contributed by atoms with van der Waals surface area (Å²) in [6, 6.07) is 13.0. The molecule has 0 atom stereocenters. The molecule has 0 aromatic heterocycles. The summed E-state index contributed by atoms with van der Waals surface area (Å²) < 4.78 is 0. The molecule has 0 aliphatic carbocycles. The van der Waals surface area contributed by atoms with E-state index in [1.165, 1.54) is 0 Å². The van der Waals surface area contributed by atoms with Gasteiger partial charge in [0, 0.05) is 0 Å². The van der Waals surface area contributed by atoms with Crippen LogP contribution in [0.4, 0.5) is 4.70 Å². The Morgan fingerprint density at radius 2 is 1.29 bits per heavy atom. The fourth-order valence-electron chi connectivity index (χ4n) is 0.304. The zero-order valence-electron chi connectivity index (χ0n) is 3.72. The standard InChI is InChI=1S/C6H4.FH/c1-2-4-6-5-3-1;/h1-4H;1H. The van der Waals surface area contributed by atoms with Gasteiger partial charge in [-0.2, -0.15) is 0 Å². The van der Waals surface area contributed by atoms with Crippen molar-refractivity contribution in [1.82, 2.24) is 0 Å². The van der Waals surface area contributed by atoms with E-state index in [1.807, 2.05) is 24.3 Å². The molecule has 0 spiro atoms. The Morgan fingerprint density at radius 1 is 0.857 bits per heavy atom. The highest BCUT2D eigenvalue weighted by Crippen LogP contribution is 1.71. The summed E-state index contributed by atoms with van der Waals surface area (Å²) in [5.74, 6) is 0. The molecule has 0 radical (unpaired) electrons. The van der Waals surface area contributed by atoms with Crippen LogP contribution in [0.3, 0.4) is 0 Å². The first kappa shape index (κ1) is 5.97. The van der Waals surface area contributed by atoms with Crippen molar-refractivity contribution in [3.63, 3.8) is 0 Å². The third-order valence-corrected chi connectivity index (χ3v) is 0.554. The van der Waals surface area contributed by atoms with Crippen LogP contribution >= 0.6 is 0 Å². The third kappa shape index (κ3) is 1.77. The monoisotopic (exact) mass is 96.0 g/mol. The van der Waals surface area contributed by atoms with Crippen molar-refractivity contribution in [3.8, 4) is 0 Å². The highest BCUT2D eigenvalue weighted by atomic mass is 19.0. The lowest BCUT2D eigenvalue weighted by molar-refractivity contribution is 1.11. The molecule has 0 fully saturated rings. The van der Waals surface area contributed by atoms with Crippen LogP contribution in [0.5, 0.6) is 0 Å². The van der Waals surface area contributed by atoms with E-state index in [0.717, 1.165) is 0 Å². The van der Waals surface area contributed by atoms with Gasteiger partial charge in [-0.15, -0.1) is 0 Å². The lowest BCUT2D eigenvalue weighted by atomic mass is 10.4. The van der Waals surface area contributed by atoms with Gasteiger partial charge in [-0.05, 0) is 12.1 Å². The van der Waals surface area contributed by atoms with Gasteiger partial charge in [0.15, 0.2) is 0 Å². The minimum atomic E-state index is 0. The van der Waals surface area contributed by atoms with E-state index in [2.05, 4.69) is 12.1 Å². The van der Waals surface area contributed by atoms with Crippen LogP contribution in [-0.2, 0) is 0 Å². The van der Waals surface area contributed by atoms with Gasteiger partial charge in [0.25, 0.3) is 0 Å². The second-order valence-electron chi connectivity index (χ2n) is 1.01. The van der Waals surface area contributed by atoms with Crippen molar-refractivity contribution in [3.05, 3.63) is 36.4 Å². The molecule has 0 nitrogen and oxygen atoms in total. The van der Waals surface area contributed by atoms with E-state index >= 15 is 0 Å². The van der Waals surface area contributed by atoms with E-state index in [1.54, 1.807) is 0 Å². The maximum Gasteiger partial charge on any atom is -0.0115 e. The summed E-state index contributed by atoms with van der Waals surface area (Å²) in [6.07, 6.45) is 0. The van der Waals surface area contributed by atoms with Crippen LogP contribution in [0, 0.1) is 12.1 Å². The number of halogens is 1. The molecule has 1 aromatic carbocycles. The molecule has 0 N–H and O–H groups in total. The molecule has 0 aliphatic rings. The maximum absolute atomic E-state index is 2.77. The van der Waals surface area contributed by atoms with Crippen molar-refractivity contribution < 1.29 is 4.70 Å². The van der Waals surface area contributed by atoms with Crippen molar-refractivity contribution in [1.29, 1.82) is 0 Å². The Kier molecular flexibility index (Phi) is 2.70. The van der Waals surface area contributed by atoms with Crippen LogP contribution in [0.2, 0.25) is 0 Å². The molecule has 0 saturated carbocycles. The Morgan fingerprint density at radius 3 is 1.43 bits per heavy atom. The lowest BCUT2D eigenvalue weighted by Crippen LogP contribution is -1.43. The van der Waals surface area contributed by atoms with Crippen LogP contribution < -0.4 is 0 Å². The van der Waals surface area contributed by atoms with Gasteiger partial charge >= 0.3 is 0 Å². The first-order valence-corrected chi connectivity index (χ1v) is 1.83. The van der Waals surface area contributed by atoms with Gasteiger partial charge < -0.3 is 0 Å². The number of hydrogen-bond donors (Lipinski definition) is 0. The lowest BCUT2D eigenvalue weighted by Gasteiger charge is -1.61. The smallest absolute Gasteiger partial charge is 0.0115 e. The Hall–Kier alpha value is -1.03. The SMILES string of the molecule is F.c1ccccc#1. The van der Waals surface area contributed by atoms with Gasteiger partial charge in [-0.1, -0.05) is 24.3 Å². The molecular formula is C6H5F. The molecule has 0 unspecified atom stereocenters. The molecule has 7 heavy (non-hydrogen) atoms. The van der Waals surface area contributed by atoms with E-state index in [4.69, 9.17) is 0 Å². The zero-order chi connectivity index (χ0) is 4.24. The number of hydrogen-bond acceptors (Lipinski definition) is 0. The molecule has 0 saturated heterocycles. The summed E-state index contributed by atoms with van der Waals surface area (Å²) >= 11 is 0. The second kappa shape index (κ2) is 3.17. The molecule has 1 heteroatoms. The number of rotatable bonds is 0. The molecule has 0 heterocycles. The minimum absolute atomic E-state index is 0. The van der Waals surface area contributed by atoms with Crippen molar-refractivity contribution >= 4 is 0 Å². The maximum atomic E-state index is 2.77. The first-order valence-electron chi connectivity index (χ1n) is 1.83. The average Bonchev–Trinajstić information content (AvgIpc) is 1.72. The largest absolute Gasteiger partial charge is 0.269 e. The molecule has 0 aliphatic heterocycles. The van der Waals surface area contributed by atoms with Crippen LogP contribution in [0.25, 0.3) is 0 Å². The minimum Gasteiger partial charge on any atom is -0.269 e. The fourth-order valence-corrected chi connectivity index (χ4v) is 0.304. The van der Waals surface area contributed by atoms with Crippen molar-refractivity contribution in [2.75, 3.05) is 0 Å². The normalized spacial score (nSPS) is 5.71. The molecule has 0 bridgehead atoms. The van der Waals surface area contributed by atoms with Gasteiger partial charge in [0.05, 0.1) is 0 Å². The average molecular weight is 96.1 g/mol. The first-order chi connectivity index (χ1) is 3.00. The van der Waals surface area contributed by atoms with E-state index < -0.39 is 0 Å². The summed E-state index contributed by atoms with van der Waals surface area (Å²) in [6.45, 7) is 0. The molecule has 1 aromatic rings. The molecule has 36 valence electrons. The van der Waals surface area contributed by atoms with Crippen LogP contribution in [0.15, 0.2) is 24.3 Å². The Labute approximate surface area is 42.2 Å². The van der Waals surface area contributed by atoms with E-state index in [0.29, 0.717) is 0 Å². The Bertz CT molecular complexity index is 76.1. The van der Waals surface area contributed by atoms with Crippen molar-refractivity contribution in [2.45, 2.75) is 0 Å². The topological polar surface area (TPSA) is 0 Å².